The number of fused-ring (bicyclic) bond motifs is 2. The molecule has 0 amide bonds. The van der Waals surface area contributed by atoms with Crippen molar-refractivity contribution in [2.45, 2.75) is 59.7 Å². The minimum absolute atomic E-state index is 0.0539. The summed E-state index contributed by atoms with van der Waals surface area (Å²) in [6, 6.07) is 0. The van der Waals surface area contributed by atoms with E-state index >= 15 is 0 Å². The summed E-state index contributed by atoms with van der Waals surface area (Å²) in [5, 5.41) is 10.7. The number of furan rings is 1. The number of allylic oxidation sites excluding steroid dienone is 1. The zero-order valence-corrected chi connectivity index (χ0v) is 15.5. The lowest BCUT2D eigenvalue weighted by Crippen LogP contribution is -2.58. The molecule has 1 aromatic heterocycles. The molecule has 0 bridgehead atoms. The van der Waals surface area contributed by atoms with Crippen molar-refractivity contribution < 1.29 is 23.8 Å². The number of ketones is 1. The second kappa shape index (κ2) is 6.13. The molecule has 1 N–H and O–H groups in total. The van der Waals surface area contributed by atoms with E-state index in [1.807, 2.05) is 34.6 Å². The molecule has 1 aromatic rings. The number of hydrogen-bond acceptors (Lipinski definition) is 5. The summed E-state index contributed by atoms with van der Waals surface area (Å²) in [4.78, 5) is 25.0. The minimum atomic E-state index is -0.850. The highest BCUT2D eigenvalue weighted by molar-refractivity contribution is 5.99. The quantitative estimate of drug-likeness (QED) is 0.657. The van der Waals surface area contributed by atoms with Crippen LogP contribution in [0.15, 0.2) is 22.3 Å². The molecule has 2 aliphatic rings. The van der Waals surface area contributed by atoms with Crippen LogP contribution in [0.4, 0.5) is 0 Å². The van der Waals surface area contributed by atoms with Crippen LogP contribution in [0.5, 0.6) is 0 Å². The number of esters is 1. The third-order valence-electron chi connectivity index (χ3n) is 6.01. The van der Waals surface area contributed by atoms with Crippen molar-refractivity contribution in [1.82, 2.24) is 0 Å². The molecule has 5 heteroatoms. The number of Topliss-reactive ketones (excluding diaryl/α,β-unsaturated/α-hetero) is 1. The highest BCUT2D eigenvalue weighted by Crippen LogP contribution is 2.53. The van der Waals surface area contributed by atoms with E-state index < -0.39 is 29.5 Å². The molecule has 0 radical (unpaired) electrons. The van der Waals surface area contributed by atoms with Gasteiger partial charge >= 0.3 is 5.97 Å². The van der Waals surface area contributed by atoms with E-state index in [0.29, 0.717) is 12.2 Å². The maximum atomic E-state index is 12.9. The number of aliphatic hydroxyl groups excluding tert-OH is 1. The minimum Gasteiger partial charge on any atom is -0.461 e. The number of aryl methyl sites for hydroxylation is 1. The van der Waals surface area contributed by atoms with Crippen molar-refractivity contribution in [3.63, 3.8) is 0 Å². The number of carbonyl (C=O) groups excluding carboxylic acids is 2. The van der Waals surface area contributed by atoms with Gasteiger partial charge in [0.1, 0.15) is 6.10 Å². The SMILES string of the molecule is CC(C)=CC(=O)O[C@@H]1C[C@H](O)[C@H]2C(=O)c3occ(C)c3C[C@]2(C)[C@H]1C. The second-order valence-corrected chi connectivity index (χ2v) is 8.04. The maximum absolute atomic E-state index is 12.9. The van der Waals surface area contributed by atoms with E-state index in [1.165, 1.54) is 6.08 Å². The first kappa shape index (κ1) is 17.9. The van der Waals surface area contributed by atoms with Gasteiger partial charge < -0.3 is 14.3 Å². The van der Waals surface area contributed by atoms with Gasteiger partial charge in [0.25, 0.3) is 0 Å². The Morgan fingerprint density at radius 1 is 1.44 bits per heavy atom. The normalized spacial score (nSPS) is 34.1. The zero-order chi connectivity index (χ0) is 18.5. The molecule has 1 saturated carbocycles. The first-order valence-electron chi connectivity index (χ1n) is 8.80. The van der Waals surface area contributed by atoms with Gasteiger partial charge in [-0.3, -0.25) is 4.79 Å². The van der Waals surface area contributed by atoms with Gasteiger partial charge in [0.05, 0.1) is 18.3 Å². The predicted molar refractivity (Wildman–Crippen MR) is 92.2 cm³/mol. The number of ether oxygens (including phenoxy) is 1. The third-order valence-corrected chi connectivity index (χ3v) is 6.01. The highest BCUT2D eigenvalue weighted by atomic mass is 16.5. The number of hydrogen-bond donors (Lipinski definition) is 1. The van der Waals surface area contributed by atoms with E-state index in [1.54, 1.807) is 6.26 Å². The molecular weight excluding hydrogens is 320 g/mol. The van der Waals surface area contributed by atoms with Crippen molar-refractivity contribution in [3.05, 3.63) is 34.8 Å². The Labute approximate surface area is 148 Å². The molecule has 3 rings (SSSR count). The fourth-order valence-electron chi connectivity index (χ4n) is 4.46. The molecule has 25 heavy (non-hydrogen) atoms. The third kappa shape index (κ3) is 2.84. The van der Waals surface area contributed by atoms with Gasteiger partial charge in [-0.1, -0.05) is 19.4 Å². The van der Waals surface area contributed by atoms with E-state index in [-0.39, 0.29) is 18.1 Å². The van der Waals surface area contributed by atoms with Crippen molar-refractivity contribution >= 4 is 11.8 Å². The lowest BCUT2D eigenvalue weighted by Gasteiger charge is -2.52. The van der Waals surface area contributed by atoms with Gasteiger partial charge in [0, 0.05) is 18.1 Å². The lowest BCUT2D eigenvalue weighted by molar-refractivity contribution is -0.161. The number of carbonyl (C=O) groups is 2. The van der Waals surface area contributed by atoms with Crippen molar-refractivity contribution in [2.75, 3.05) is 0 Å². The summed E-state index contributed by atoms with van der Waals surface area (Å²) in [5.74, 6) is -0.731. The Balaban J connectivity index is 1.94. The van der Waals surface area contributed by atoms with Gasteiger partial charge in [0.2, 0.25) is 5.78 Å². The molecule has 0 saturated heterocycles. The average molecular weight is 346 g/mol. The van der Waals surface area contributed by atoms with Crippen molar-refractivity contribution in [3.8, 4) is 0 Å². The molecule has 2 aliphatic carbocycles. The molecule has 5 atom stereocenters. The Hall–Kier alpha value is -1.88. The standard InChI is InChI=1S/C20H26O5/c1-10(2)6-16(22)25-15-7-14(21)17-18(23)19-13(11(3)9-24-19)8-20(17,5)12(15)4/h6,9,12,14-15,17,21H,7-8H2,1-5H3/t12-,14-,15+,17-,20+/m0/s1. The molecule has 0 aromatic carbocycles. The summed E-state index contributed by atoms with van der Waals surface area (Å²) >= 11 is 0. The van der Waals surface area contributed by atoms with Gasteiger partial charge in [0.15, 0.2) is 5.76 Å². The Kier molecular flexibility index (Phi) is 4.40. The van der Waals surface area contributed by atoms with E-state index in [2.05, 4.69) is 0 Å². The van der Waals surface area contributed by atoms with Crippen LogP contribution in [0.3, 0.4) is 0 Å². The maximum Gasteiger partial charge on any atom is 0.330 e. The first-order valence-corrected chi connectivity index (χ1v) is 8.80. The van der Waals surface area contributed by atoms with Crippen LogP contribution in [0.1, 0.15) is 55.8 Å². The van der Waals surface area contributed by atoms with Gasteiger partial charge in [-0.15, -0.1) is 0 Å². The first-order chi connectivity index (χ1) is 11.6. The number of rotatable bonds is 2. The van der Waals surface area contributed by atoms with E-state index in [4.69, 9.17) is 9.15 Å². The van der Waals surface area contributed by atoms with Crippen molar-refractivity contribution in [1.29, 1.82) is 0 Å². The summed E-state index contributed by atoms with van der Waals surface area (Å²) in [5.41, 5.74) is 2.25. The molecule has 0 aliphatic heterocycles. The molecule has 0 spiro atoms. The Morgan fingerprint density at radius 3 is 2.76 bits per heavy atom. The molecule has 0 unspecified atom stereocenters. The largest absolute Gasteiger partial charge is 0.461 e. The molecular formula is C20H26O5. The molecule has 5 nitrogen and oxygen atoms in total. The molecule has 1 fully saturated rings. The topological polar surface area (TPSA) is 76.7 Å². The van der Waals surface area contributed by atoms with Crippen LogP contribution in [0.2, 0.25) is 0 Å². The monoisotopic (exact) mass is 346 g/mol. The second-order valence-electron chi connectivity index (χ2n) is 8.04. The number of aliphatic hydroxyl groups is 1. The summed E-state index contributed by atoms with van der Waals surface area (Å²) in [6.45, 7) is 9.61. The Bertz CT molecular complexity index is 739. The van der Waals surface area contributed by atoms with Gasteiger partial charge in [-0.2, -0.15) is 0 Å². The van der Waals surface area contributed by atoms with Crippen LogP contribution in [-0.2, 0) is 16.0 Å². The van der Waals surface area contributed by atoms with E-state index in [0.717, 1.165) is 16.7 Å². The van der Waals surface area contributed by atoms with Crippen LogP contribution in [0, 0.1) is 24.2 Å². The van der Waals surface area contributed by atoms with Crippen LogP contribution < -0.4 is 0 Å². The fourth-order valence-corrected chi connectivity index (χ4v) is 4.46. The Morgan fingerprint density at radius 2 is 2.12 bits per heavy atom. The molecule has 1 heterocycles. The fraction of sp³-hybridized carbons (Fsp3) is 0.600. The van der Waals surface area contributed by atoms with Gasteiger partial charge in [-0.05, 0) is 44.1 Å². The summed E-state index contributed by atoms with van der Waals surface area (Å²) in [6.07, 6.45) is 2.70. The summed E-state index contributed by atoms with van der Waals surface area (Å²) in [7, 11) is 0. The van der Waals surface area contributed by atoms with Crippen LogP contribution >= 0.6 is 0 Å². The zero-order valence-electron chi connectivity index (χ0n) is 15.5. The highest BCUT2D eigenvalue weighted by Gasteiger charge is 2.58. The van der Waals surface area contributed by atoms with E-state index in [9.17, 15) is 14.7 Å². The van der Waals surface area contributed by atoms with Crippen LogP contribution in [0.25, 0.3) is 0 Å². The van der Waals surface area contributed by atoms with Crippen molar-refractivity contribution in [2.24, 2.45) is 17.3 Å². The summed E-state index contributed by atoms with van der Waals surface area (Å²) < 4.78 is 11.1. The van der Waals surface area contributed by atoms with Gasteiger partial charge in [-0.25, -0.2) is 4.79 Å². The smallest absolute Gasteiger partial charge is 0.330 e. The molecule has 136 valence electrons. The van der Waals surface area contributed by atoms with Crippen LogP contribution in [-0.4, -0.2) is 29.1 Å². The predicted octanol–water partition coefficient (Wildman–Crippen LogP) is 3.23. The average Bonchev–Trinajstić information content (AvgIpc) is 2.85. The lowest BCUT2D eigenvalue weighted by atomic mass is 9.53.